The zero-order chi connectivity index (χ0) is 20.9. The quantitative estimate of drug-likeness (QED) is 0.393. The topological polar surface area (TPSA) is 87.4 Å². The van der Waals surface area contributed by atoms with Gasteiger partial charge in [0.1, 0.15) is 6.61 Å². The summed E-state index contributed by atoms with van der Waals surface area (Å²) in [5.41, 5.74) is 2.59. The molecule has 0 unspecified atom stereocenters. The highest BCUT2D eigenvalue weighted by Gasteiger charge is 2.11. The lowest BCUT2D eigenvalue weighted by molar-refractivity contribution is -0.605. The van der Waals surface area contributed by atoms with E-state index in [9.17, 15) is 10.0 Å². The molecule has 0 aliphatic heterocycles. The second kappa shape index (κ2) is 8.48. The molecule has 4 rings (SSSR count). The number of methoxy groups -OCH3 is 1. The van der Waals surface area contributed by atoms with Crippen molar-refractivity contribution in [2.45, 2.75) is 6.61 Å². The molecule has 0 spiro atoms. The van der Waals surface area contributed by atoms with Gasteiger partial charge in [-0.3, -0.25) is 4.79 Å². The maximum absolute atomic E-state index is 12.4. The summed E-state index contributed by atoms with van der Waals surface area (Å²) in [6, 6.07) is 19.8. The van der Waals surface area contributed by atoms with Crippen LogP contribution in [0.5, 0.6) is 11.5 Å². The van der Waals surface area contributed by atoms with Gasteiger partial charge in [0.2, 0.25) is 0 Å². The van der Waals surface area contributed by atoms with Crippen LogP contribution in [0, 0.1) is 5.21 Å². The molecule has 7 heteroatoms. The van der Waals surface area contributed by atoms with E-state index in [1.165, 1.54) is 24.5 Å². The highest BCUT2D eigenvalue weighted by molar-refractivity contribution is 6.04. The van der Waals surface area contributed by atoms with E-state index in [0.717, 1.165) is 16.6 Å². The minimum atomic E-state index is -0.331. The summed E-state index contributed by atoms with van der Waals surface area (Å²) in [5.74, 6) is 0.694. The van der Waals surface area contributed by atoms with Gasteiger partial charge >= 0.3 is 0 Å². The van der Waals surface area contributed by atoms with Gasteiger partial charge in [-0.1, -0.05) is 24.3 Å². The predicted octanol–water partition coefficient (Wildman–Crippen LogP) is 3.71. The molecule has 0 atom stereocenters. The van der Waals surface area contributed by atoms with Gasteiger partial charge in [-0.2, -0.15) is 4.73 Å². The first kappa shape index (κ1) is 19.2. The van der Waals surface area contributed by atoms with E-state index in [-0.39, 0.29) is 12.5 Å². The minimum Gasteiger partial charge on any atom is -0.619 e. The molecule has 0 aliphatic carbocycles. The zero-order valence-corrected chi connectivity index (χ0v) is 16.2. The van der Waals surface area contributed by atoms with Crippen LogP contribution in [-0.2, 0) is 6.61 Å². The lowest BCUT2D eigenvalue weighted by Gasteiger charge is -2.13. The number of benzene rings is 2. The third kappa shape index (κ3) is 4.30. The summed E-state index contributed by atoms with van der Waals surface area (Å²) in [4.78, 5) is 17.0. The Morgan fingerprint density at radius 3 is 2.63 bits per heavy atom. The largest absolute Gasteiger partial charge is 0.619 e. The molecule has 0 radical (unpaired) electrons. The molecular weight excluding hydrogens is 382 g/mol. The van der Waals surface area contributed by atoms with E-state index in [2.05, 4.69) is 10.3 Å². The molecule has 30 heavy (non-hydrogen) atoms. The number of amides is 1. The zero-order valence-electron chi connectivity index (χ0n) is 16.2. The van der Waals surface area contributed by atoms with Crippen LogP contribution in [0.15, 0.2) is 79.1 Å². The van der Waals surface area contributed by atoms with Crippen molar-refractivity contribution in [2.75, 3.05) is 12.4 Å². The smallest absolute Gasteiger partial charge is 0.256 e. The van der Waals surface area contributed by atoms with Crippen molar-refractivity contribution in [3.05, 3.63) is 95.6 Å². The highest BCUT2D eigenvalue weighted by atomic mass is 16.5. The monoisotopic (exact) mass is 401 g/mol. The first-order chi connectivity index (χ1) is 14.6. The lowest BCUT2D eigenvalue weighted by atomic mass is 10.2. The van der Waals surface area contributed by atoms with Crippen LogP contribution < -0.4 is 19.5 Å². The molecule has 0 aliphatic rings. The summed E-state index contributed by atoms with van der Waals surface area (Å²) < 4.78 is 11.9. The normalized spacial score (nSPS) is 10.6. The number of anilines is 1. The molecule has 0 saturated carbocycles. The molecule has 4 aromatic rings. The standard InChI is InChI=1S/C23H19N3O4/c1-29-21-9-8-18(25-23(27)17-10-12-26(28)13-11-17)14-22(21)30-15-19-7-6-16-4-2-3-5-20(16)24-19/h2-14H,15H2,1H3,(H,25,27). The summed E-state index contributed by atoms with van der Waals surface area (Å²) in [5, 5.41) is 15.0. The number of fused-ring (bicyclic) bond motifs is 1. The average molecular weight is 401 g/mol. The molecule has 7 nitrogen and oxygen atoms in total. The van der Waals surface area contributed by atoms with Gasteiger partial charge in [-0.15, -0.1) is 0 Å². The maximum Gasteiger partial charge on any atom is 0.256 e. The van der Waals surface area contributed by atoms with Crippen molar-refractivity contribution < 1.29 is 19.0 Å². The molecule has 0 fully saturated rings. The van der Waals surface area contributed by atoms with E-state index in [1.807, 2.05) is 36.4 Å². The maximum atomic E-state index is 12.4. The highest BCUT2D eigenvalue weighted by Crippen LogP contribution is 2.31. The second-order valence-electron chi connectivity index (χ2n) is 6.55. The fourth-order valence-corrected chi connectivity index (χ4v) is 2.97. The summed E-state index contributed by atoms with van der Waals surface area (Å²) in [6.07, 6.45) is 2.54. The first-order valence-corrected chi connectivity index (χ1v) is 9.28. The SMILES string of the molecule is COc1ccc(NC(=O)c2cc[n+]([O-])cc2)cc1OCc1ccc2ccccc2n1. The fourth-order valence-electron chi connectivity index (χ4n) is 2.97. The van der Waals surface area contributed by atoms with Gasteiger partial charge in [0.25, 0.3) is 5.91 Å². The Kier molecular flexibility index (Phi) is 5.43. The van der Waals surface area contributed by atoms with Crippen LogP contribution in [-0.4, -0.2) is 18.0 Å². The van der Waals surface area contributed by atoms with Gasteiger partial charge in [-0.05, 0) is 24.3 Å². The summed E-state index contributed by atoms with van der Waals surface area (Å²) >= 11 is 0. The van der Waals surface area contributed by atoms with Crippen molar-refractivity contribution >= 4 is 22.5 Å². The van der Waals surface area contributed by atoms with Crippen LogP contribution in [0.3, 0.4) is 0 Å². The fraction of sp³-hybridized carbons (Fsp3) is 0.0870. The Balaban J connectivity index is 1.50. The van der Waals surface area contributed by atoms with Crippen molar-refractivity contribution in [2.24, 2.45) is 0 Å². The minimum absolute atomic E-state index is 0.251. The number of ether oxygens (including phenoxy) is 2. The molecule has 2 aromatic heterocycles. The summed E-state index contributed by atoms with van der Waals surface area (Å²) in [7, 11) is 1.55. The predicted molar refractivity (Wildman–Crippen MR) is 112 cm³/mol. The number of carbonyl (C=O) groups is 1. The number of carbonyl (C=O) groups excluding carboxylic acids is 1. The lowest BCUT2D eigenvalue weighted by Crippen LogP contribution is -2.25. The van der Waals surface area contributed by atoms with Crippen molar-refractivity contribution in [1.82, 2.24) is 4.98 Å². The molecule has 150 valence electrons. The van der Waals surface area contributed by atoms with Gasteiger partial charge in [0.05, 0.1) is 23.9 Å². The Hall–Kier alpha value is -4.13. The Morgan fingerprint density at radius 1 is 1.03 bits per heavy atom. The number of nitrogens with one attached hydrogen (secondary N) is 1. The van der Waals surface area contributed by atoms with E-state index in [1.54, 1.807) is 25.3 Å². The van der Waals surface area contributed by atoms with Gasteiger partial charge in [0.15, 0.2) is 23.9 Å². The van der Waals surface area contributed by atoms with Crippen LogP contribution in [0.25, 0.3) is 10.9 Å². The molecular formula is C23H19N3O4. The molecule has 2 aromatic carbocycles. The second-order valence-corrected chi connectivity index (χ2v) is 6.55. The number of para-hydroxylation sites is 1. The Bertz CT molecular complexity index is 1190. The van der Waals surface area contributed by atoms with Crippen molar-refractivity contribution in [1.29, 1.82) is 0 Å². The van der Waals surface area contributed by atoms with Gasteiger partial charge < -0.3 is 20.0 Å². The van der Waals surface area contributed by atoms with E-state index < -0.39 is 0 Å². The number of aromatic nitrogens is 2. The Morgan fingerprint density at radius 2 is 1.83 bits per heavy atom. The average Bonchev–Trinajstić information content (AvgIpc) is 2.78. The molecule has 0 bridgehead atoms. The van der Waals surface area contributed by atoms with Crippen LogP contribution in [0.2, 0.25) is 0 Å². The molecule has 2 heterocycles. The third-order valence-corrected chi connectivity index (χ3v) is 4.52. The number of rotatable bonds is 6. The molecule has 0 saturated heterocycles. The number of hydrogen-bond acceptors (Lipinski definition) is 5. The van der Waals surface area contributed by atoms with E-state index in [4.69, 9.17) is 9.47 Å². The Labute approximate surface area is 173 Å². The number of nitrogens with zero attached hydrogens (tertiary/aromatic N) is 2. The van der Waals surface area contributed by atoms with Gasteiger partial charge in [0, 0.05) is 29.3 Å². The molecule has 1 N–H and O–H groups in total. The third-order valence-electron chi connectivity index (χ3n) is 4.52. The van der Waals surface area contributed by atoms with E-state index >= 15 is 0 Å². The van der Waals surface area contributed by atoms with Crippen molar-refractivity contribution in [3.8, 4) is 11.5 Å². The van der Waals surface area contributed by atoms with Crippen LogP contribution >= 0.6 is 0 Å². The van der Waals surface area contributed by atoms with Crippen molar-refractivity contribution in [3.63, 3.8) is 0 Å². The number of pyridine rings is 2. The summed E-state index contributed by atoms with van der Waals surface area (Å²) in [6.45, 7) is 0.251. The van der Waals surface area contributed by atoms with E-state index in [0.29, 0.717) is 27.5 Å². The van der Waals surface area contributed by atoms with Crippen LogP contribution in [0.1, 0.15) is 16.1 Å². The van der Waals surface area contributed by atoms with Crippen LogP contribution in [0.4, 0.5) is 5.69 Å². The number of hydrogen-bond donors (Lipinski definition) is 1. The van der Waals surface area contributed by atoms with Gasteiger partial charge in [-0.25, -0.2) is 4.98 Å². The first-order valence-electron chi connectivity index (χ1n) is 9.28. The molecule has 1 amide bonds.